The maximum absolute atomic E-state index is 12.4. The average molecular weight is 308 g/mol. The summed E-state index contributed by atoms with van der Waals surface area (Å²) in [5, 5.41) is 16.8. The number of thiophene rings is 1. The van der Waals surface area contributed by atoms with Crippen LogP contribution in [0.15, 0.2) is 22.2 Å². The predicted molar refractivity (Wildman–Crippen MR) is 81.2 cm³/mol. The lowest BCUT2D eigenvalue weighted by Crippen LogP contribution is -2.48. The van der Waals surface area contributed by atoms with Crippen molar-refractivity contribution < 1.29 is 9.90 Å². The quantitative estimate of drug-likeness (QED) is 0.928. The third-order valence-electron chi connectivity index (χ3n) is 3.45. The van der Waals surface area contributed by atoms with Crippen molar-refractivity contribution in [1.82, 2.24) is 9.88 Å². The molecule has 1 unspecified atom stereocenters. The molecule has 6 heteroatoms. The van der Waals surface area contributed by atoms with E-state index < -0.39 is 5.60 Å². The maximum atomic E-state index is 12.4. The number of carbonyl (C=O) groups is 1. The van der Waals surface area contributed by atoms with Crippen LogP contribution in [-0.2, 0) is 0 Å². The molecule has 1 aliphatic heterocycles. The molecule has 1 saturated heterocycles. The van der Waals surface area contributed by atoms with Gasteiger partial charge in [-0.2, -0.15) is 11.3 Å². The Morgan fingerprint density at radius 2 is 2.35 bits per heavy atom. The molecule has 0 saturated carbocycles. The van der Waals surface area contributed by atoms with Crippen molar-refractivity contribution in [1.29, 1.82) is 0 Å². The van der Waals surface area contributed by atoms with E-state index in [4.69, 9.17) is 0 Å². The summed E-state index contributed by atoms with van der Waals surface area (Å²) in [6, 6.07) is 2.00. The third-order valence-corrected chi connectivity index (χ3v) is 5.03. The monoisotopic (exact) mass is 308 g/mol. The molecule has 20 heavy (non-hydrogen) atoms. The van der Waals surface area contributed by atoms with Crippen LogP contribution in [0.1, 0.15) is 30.3 Å². The first-order chi connectivity index (χ1) is 9.55. The van der Waals surface area contributed by atoms with E-state index in [1.807, 2.05) is 16.8 Å². The second-order valence-electron chi connectivity index (χ2n) is 5.38. The highest BCUT2D eigenvalue weighted by Crippen LogP contribution is 2.27. The smallest absolute Gasteiger partial charge is 0.273 e. The number of likely N-dealkylation sites (tertiary alicyclic amines) is 1. The first-order valence-corrected chi connectivity index (χ1v) is 8.37. The molecule has 1 fully saturated rings. The van der Waals surface area contributed by atoms with Crippen molar-refractivity contribution in [3.05, 3.63) is 27.9 Å². The van der Waals surface area contributed by atoms with Gasteiger partial charge in [-0.1, -0.05) is 0 Å². The zero-order valence-corrected chi connectivity index (χ0v) is 12.8. The number of β-amino-alcohol motifs (C(OH)–C–C–N with tert-alkyl or cyclic N) is 1. The van der Waals surface area contributed by atoms with Gasteiger partial charge in [0.05, 0.1) is 5.60 Å². The lowest BCUT2D eigenvalue weighted by molar-refractivity contribution is -0.0109. The number of aliphatic hydroxyl groups is 1. The van der Waals surface area contributed by atoms with Gasteiger partial charge in [-0.25, -0.2) is 4.98 Å². The molecule has 3 rings (SSSR count). The minimum Gasteiger partial charge on any atom is -0.388 e. The van der Waals surface area contributed by atoms with E-state index in [2.05, 4.69) is 4.98 Å². The summed E-state index contributed by atoms with van der Waals surface area (Å²) >= 11 is 3.10. The minimum atomic E-state index is -0.778. The van der Waals surface area contributed by atoms with E-state index in [0.29, 0.717) is 18.8 Å². The van der Waals surface area contributed by atoms with Gasteiger partial charge in [-0.3, -0.25) is 4.79 Å². The Bertz CT molecular complexity index is 604. The molecule has 1 N–H and O–H groups in total. The van der Waals surface area contributed by atoms with Gasteiger partial charge in [0.1, 0.15) is 10.7 Å². The molecule has 4 nitrogen and oxygen atoms in total. The van der Waals surface area contributed by atoms with Crippen LogP contribution in [0.25, 0.3) is 10.6 Å². The topological polar surface area (TPSA) is 53.4 Å². The molecule has 1 atom stereocenters. The largest absolute Gasteiger partial charge is 0.388 e. The summed E-state index contributed by atoms with van der Waals surface area (Å²) in [4.78, 5) is 18.6. The van der Waals surface area contributed by atoms with Crippen molar-refractivity contribution in [2.45, 2.75) is 25.4 Å². The number of amides is 1. The van der Waals surface area contributed by atoms with Crippen LogP contribution in [0.4, 0.5) is 0 Å². The van der Waals surface area contributed by atoms with Crippen molar-refractivity contribution in [3.63, 3.8) is 0 Å². The molecule has 2 aromatic heterocycles. The number of rotatable bonds is 2. The fourth-order valence-corrected chi connectivity index (χ4v) is 3.95. The van der Waals surface area contributed by atoms with Crippen LogP contribution in [-0.4, -0.2) is 39.6 Å². The van der Waals surface area contributed by atoms with Gasteiger partial charge >= 0.3 is 0 Å². The first kappa shape index (κ1) is 13.7. The van der Waals surface area contributed by atoms with Crippen LogP contribution in [0.3, 0.4) is 0 Å². The molecule has 1 aliphatic rings. The van der Waals surface area contributed by atoms with Crippen LogP contribution in [0.2, 0.25) is 0 Å². The highest BCUT2D eigenvalue weighted by atomic mass is 32.1. The number of carbonyl (C=O) groups excluding carboxylic acids is 1. The molecule has 0 aliphatic carbocycles. The summed E-state index contributed by atoms with van der Waals surface area (Å²) in [6.07, 6.45) is 1.58. The van der Waals surface area contributed by atoms with Crippen molar-refractivity contribution in [2.75, 3.05) is 13.1 Å². The number of hydrogen-bond donors (Lipinski definition) is 1. The molecular formula is C14H16N2O2S2. The number of piperidine rings is 1. The maximum Gasteiger partial charge on any atom is 0.273 e. The normalized spacial score (nSPS) is 23.0. The Labute approximate surface area is 125 Å². The number of aromatic nitrogens is 1. The third kappa shape index (κ3) is 2.77. The van der Waals surface area contributed by atoms with Crippen LogP contribution < -0.4 is 0 Å². The summed E-state index contributed by atoms with van der Waals surface area (Å²) in [5.41, 5.74) is 0.763. The van der Waals surface area contributed by atoms with Gasteiger partial charge < -0.3 is 10.0 Å². The summed E-state index contributed by atoms with van der Waals surface area (Å²) in [7, 11) is 0. The lowest BCUT2D eigenvalue weighted by atomic mass is 9.95. The predicted octanol–water partition coefficient (Wildman–Crippen LogP) is 2.86. The van der Waals surface area contributed by atoms with Crippen LogP contribution in [0.5, 0.6) is 0 Å². The van der Waals surface area contributed by atoms with E-state index >= 15 is 0 Å². The van der Waals surface area contributed by atoms with E-state index in [-0.39, 0.29) is 5.91 Å². The molecule has 106 valence electrons. The number of thiazole rings is 1. The van der Waals surface area contributed by atoms with E-state index in [1.165, 1.54) is 11.3 Å². The molecule has 3 heterocycles. The van der Waals surface area contributed by atoms with E-state index in [1.54, 1.807) is 28.5 Å². The highest BCUT2D eigenvalue weighted by molar-refractivity contribution is 7.14. The Morgan fingerprint density at radius 1 is 1.50 bits per heavy atom. The highest BCUT2D eigenvalue weighted by Gasteiger charge is 2.32. The van der Waals surface area contributed by atoms with Gasteiger partial charge in [0.2, 0.25) is 0 Å². The van der Waals surface area contributed by atoms with Crippen molar-refractivity contribution in [2.24, 2.45) is 0 Å². The summed E-state index contributed by atoms with van der Waals surface area (Å²) < 4.78 is 0. The van der Waals surface area contributed by atoms with Crippen LogP contribution >= 0.6 is 22.7 Å². The first-order valence-electron chi connectivity index (χ1n) is 6.55. The SMILES string of the molecule is CC1(O)CCCN(C(=O)c2csc(-c3ccsc3)n2)C1. The Morgan fingerprint density at radius 3 is 3.05 bits per heavy atom. The lowest BCUT2D eigenvalue weighted by Gasteiger charge is -2.36. The zero-order chi connectivity index (χ0) is 14.2. The minimum absolute atomic E-state index is 0.0808. The van der Waals surface area contributed by atoms with Gasteiger partial charge in [0, 0.05) is 29.4 Å². The van der Waals surface area contributed by atoms with Gasteiger partial charge in [0.15, 0.2) is 0 Å². The fraction of sp³-hybridized carbons (Fsp3) is 0.429. The summed E-state index contributed by atoms with van der Waals surface area (Å²) in [5.74, 6) is -0.0808. The molecular weight excluding hydrogens is 292 g/mol. The van der Waals surface area contributed by atoms with Gasteiger partial charge in [-0.05, 0) is 31.2 Å². The molecule has 2 aromatic rings. The number of nitrogens with zero attached hydrogens (tertiary/aromatic N) is 2. The Hall–Kier alpha value is -1.24. The van der Waals surface area contributed by atoms with Crippen molar-refractivity contribution >= 4 is 28.6 Å². The van der Waals surface area contributed by atoms with Gasteiger partial charge in [0.25, 0.3) is 5.91 Å². The average Bonchev–Trinajstić information content (AvgIpc) is 3.07. The molecule has 0 aromatic carbocycles. The molecule has 0 radical (unpaired) electrons. The molecule has 0 bridgehead atoms. The second kappa shape index (κ2) is 5.27. The van der Waals surface area contributed by atoms with Gasteiger partial charge in [-0.15, -0.1) is 11.3 Å². The van der Waals surface area contributed by atoms with Crippen molar-refractivity contribution in [3.8, 4) is 10.6 Å². The van der Waals surface area contributed by atoms with E-state index in [9.17, 15) is 9.90 Å². The standard InChI is InChI=1S/C14H16N2O2S2/c1-14(18)4-2-5-16(9-14)13(17)11-8-20-12(15-11)10-3-6-19-7-10/h3,6-8,18H,2,4-5,9H2,1H3. The Balaban J connectivity index is 1.78. The molecule has 1 amide bonds. The summed E-state index contributed by atoms with van der Waals surface area (Å²) in [6.45, 7) is 2.86. The van der Waals surface area contributed by atoms with E-state index in [0.717, 1.165) is 23.4 Å². The molecule has 0 spiro atoms. The number of hydrogen-bond acceptors (Lipinski definition) is 5. The van der Waals surface area contributed by atoms with Crippen LogP contribution in [0, 0.1) is 0 Å². The Kier molecular flexibility index (Phi) is 3.62. The second-order valence-corrected chi connectivity index (χ2v) is 7.02. The zero-order valence-electron chi connectivity index (χ0n) is 11.2. The fourth-order valence-electron chi connectivity index (χ4n) is 2.45.